The van der Waals surface area contributed by atoms with Gasteiger partial charge >= 0.3 is 18.2 Å². The number of benzene rings is 2. The first-order valence-electron chi connectivity index (χ1n) is 9.85. The van der Waals surface area contributed by atoms with Gasteiger partial charge in [0.1, 0.15) is 11.6 Å². The molecular formula is C23H17F4N5O2. The molecule has 0 unspecified atom stereocenters. The quantitative estimate of drug-likeness (QED) is 0.346. The van der Waals surface area contributed by atoms with Crippen LogP contribution >= 0.6 is 0 Å². The number of alkyl halides is 3. The van der Waals surface area contributed by atoms with Gasteiger partial charge in [-0.25, -0.2) is 14.2 Å². The smallest absolute Gasteiger partial charge is 0.416 e. The van der Waals surface area contributed by atoms with Crippen molar-refractivity contribution in [1.29, 1.82) is 0 Å². The van der Waals surface area contributed by atoms with Crippen LogP contribution in [0.1, 0.15) is 5.56 Å². The third kappa shape index (κ3) is 5.49. The molecule has 0 aliphatic heterocycles. The van der Waals surface area contributed by atoms with Crippen molar-refractivity contribution in [2.45, 2.75) is 6.18 Å². The van der Waals surface area contributed by atoms with E-state index in [1.165, 1.54) is 18.3 Å². The van der Waals surface area contributed by atoms with Gasteiger partial charge < -0.3 is 19.9 Å². The molecule has 0 aliphatic carbocycles. The average molecular weight is 471 g/mol. The summed E-state index contributed by atoms with van der Waals surface area (Å²) in [6, 6.07) is 10.3. The Labute approximate surface area is 191 Å². The molecule has 0 aliphatic rings. The maximum Gasteiger partial charge on any atom is 0.416 e. The lowest BCUT2D eigenvalue weighted by Crippen LogP contribution is -2.20. The number of carbonyl (C=O) groups excluding carboxylic acids is 1. The van der Waals surface area contributed by atoms with Gasteiger partial charge in [0.25, 0.3) is 0 Å². The number of anilines is 2. The second-order valence-electron chi connectivity index (χ2n) is 7.19. The maximum absolute atomic E-state index is 14.2. The average Bonchev–Trinajstić information content (AvgIpc) is 3.22. The van der Waals surface area contributed by atoms with E-state index >= 15 is 0 Å². The first-order chi connectivity index (χ1) is 16.2. The molecule has 2 heterocycles. The molecule has 0 bridgehead atoms. The molecule has 2 amide bonds. The highest BCUT2D eigenvalue weighted by Gasteiger charge is 2.30. The van der Waals surface area contributed by atoms with E-state index in [0.29, 0.717) is 5.69 Å². The van der Waals surface area contributed by atoms with Crippen molar-refractivity contribution in [3.05, 3.63) is 84.6 Å². The van der Waals surface area contributed by atoms with E-state index < -0.39 is 23.6 Å². The highest BCUT2D eigenvalue weighted by molar-refractivity contribution is 5.99. The number of amides is 2. The van der Waals surface area contributed by atoms with Crippen molar-refractivity contribution in [2.24, 2.45) is 7.05 Å². The predicted octanol–water partition coefficient (Wildman–Crippen LogP) is 6.08. The summed E-state index contributed by atoms with van der Waals surface area (Å²) in [6.45, 7) is 0. The lowest BCUT2D eigenvalue weighted by molar-refractivity contribution is -0.137. The van der Waals surface area contributed by atoms with Crippen LogP contribution in [0.15, 0.2) is 73.2 Å². The highest BCUT2D eigenvalue weighted by Crippen LogP contribution is 2.30. The zero-order valence-electron chi connectivity index (χ0n) is 17.6. The summed E-state index contributed by atoms with van der Waals surface area (Å²) in [5.41, 5.74) is 0.525. The Balaban J connectivity index is 1.44. The maximum atomic E-state index is 14.2. The van der Waals surface area contributed by atoms with E-state index in [2.05, 4.69) is 20.6 Å². The number of nitrogens with one attached hydrogen (secondary N) is 2. The minimum absolute atomic E-state index is 0.0214. The van der Waals surface area contributed by atoms with Crippen LogP contribution in [0.25, 0.3) is 11.3 Å². The van der Waals surface area contributed by atoms with Gasteiger partial charge in [0.05, 0.1) is 16.9 Å². The van der Waals surface area contributed by atoms with Crippen molar-refractivity contribution >= 4 is 17.4 Å². The van der Waals surface area contributed by atoms with Crippen LogP contribution in [0.2, 0.25) is 0 Å². The molecule has 4 rings (SSSR count). The molecule has 2 aromatic carbocycles. The molecule has 174 valence electrons. The molecule has 11 heteroatoms. The summed E-state index contributed by atoms with van der Waals surface area (Å²) in [5, 5.41) is 4.64. The number of ether oxygens (including phenoxy) is 1. The van der Waals surface area contributed by atoms with E-state index in [9.17, 15) is 22.4 Å². The standard InChI is InChI=1S/C23H17F4N5O2/c1-32-11-9-14(13-32)19-8-10-28-22(31-19)34-17-6-7-18(24)20(12-17)30-21(33)29-16-4-2-15(3-5-16)23(25,26)27/h2-13H,1H3,(H2,29,30,33). The number of hydrogen-bond donors (Lipinski definition) is 2. The molecule has 2 aromatic heterocycles. The largest absolute Gasteiger partial charge is 0.424 e. The molecule has 0 atom stereocenters. The van der Waals surface area contributed by atoms with Gasteiger partial charge in [-0.05, 0) is 48.5 Å². The van der Waals surface area contributed by atoms with Crippen LogP contribution in [-0.4, -0.2) is 20.6 Å². The Morgan fingerprint density at radius 2 is 1.79 bits per heavy atom. The SMILES string of the molecule is Cn1ccc(-c2ccnc(Oc3ccc(F)c(NC(=O)Nc4ccc(C(F)(F)F)cc4)c3)n2)c1. The van der Waals surface area contributed by atoms with Gasteiger partial charge in [-0.3, -0.25) is 0 Å². The molecule has 34 heavy (non-hydrogen) atoms. The number of nitrogens with zero attached hydrogens (tertiary/aromatic N) is 3. The van der Waals surface area contributed by atoms with E-state index in [4.69, 9.17) is 4.74 Å². The topological polar surface area (TPSA) is 81.1 Å². The van der Waals surface area contributed by atoms with Crippen LogP contribution < -0.4 is 15.4 Å². The number of aryl methyl sites for hydroxylation is 1. The summed E-state index contributed by atoms with van der Waals surface area (Å²) < 4.78 is 59.7. The third-order valence-corrected chi connectivity index (χ3v) is 4.63. The number of aromatic nitrogens is 3. The van der Waals surface area contributed by atoms with Crippen molar-refractivity contribution < 1.29 is 27.1 Å². The Kier molecular flexibility index (Phi) is 6.17. The number of carbonyl (C=O) groups is 1. The summed E-state index contributed by atoms with van der Waals surface area (Å²) >= 11 is 0. The molecule has 0 radical (unpaired) electrons. The van der Waals surface area contributed by atoms with Crippen molar-refractivity contribution in [2.75, 3.05) is 10.6 Å². The molecule has 2 N–H and O–H groups in total. The first kappa shape index (κ1) is 22.8. The zero-order chi connectivity index (χ0) is 24.3. The first-order valence-corrected chi connectivity index (χ1v) is 9.85. The van der Waals surface area contributed by atoms with Crippen LogP contribution in [0, 0.1) is 5.82 Å². The number of halogens is 4. The van der Waals surface area contributed by atoms with Gasteiger partial charge in [0.2, 0.25) is 0 Å². The highest BCUT2D eigenvalue weighted by atomic mass is 19.4. The van der Waals surface area contributed by atoms with Crippen molar-refractivity contribution in [3.63, 3.8) is 0 Å². The summed E-state index contributed by atoms with van der Waals surface area (Å²) in [5.74, 6) is -0.578. The number of urea groups is 1. The van der Waals surface area contributed by atoms with E-state index in [-0.39, 0.29) is 23.1 Å². The van der Waals surface area contributed by atoms with Gasteiger partial charge in [0.15, 0.2) is 0 Å². The van der Waals surface area contributed by atoms with E-state index in [1.54, 1.807) is 6.07 Å². The molecule has 4 aromatic rings. The molecule has 0 spiro atoms. The van der Waals surface area contributed by atoms with Crippen LogP contribution in [-0.2, 0) is 13.2 Å². The van der Waals surface area contributed by atoms with Crippen LogP contribution in [0.4, 0.5) is 33.7 Å². The molecule has 0 saturated carbocycles. The molecule has 7 nitrogen and oxygen atoms in total. The monoisotopic (exact) mass is 471 g/mol. The zero-order valence-corrected chi connectivity index (χ0v) is 17.6. The van der Waals surface area contributed by atoms with Crippen molar-refractivity contribution in [3.8, 4) is 23.0 Å². The summed E-state index contributed by atoms with van der Waals surface area (Å²) in [7, 11) is 1.88. The fraction of sp³-hybridized carbons (Fsp3) is 0.0870. The molecule has 0 saturated heterocycles. The minimum atomic E-state index is -4.49. The second kappa shape index (κ2) is 9.22. The molecule has 0 fully saturated rings. The van der Waals surface area contributed by atoms with Gasteiger partial charge in [-0.1, -0.05) is 0 Å². The van der Waals surface area contributed by atoms with E-state index in [1.807, 2.05) is 30.1 Å². The van der Waals surface area contributed by atoms with Crippen LogP contribution in [0.3, 0.4) is 0 Å². The normalized spacial score (nSPS) is 11.2. The number of rotatable bonds is 5. The Morgan fingerprint density at radius 1 is 1.03 bits per heavy atom. The van der Waals surface area contributed by atoms with E-state index in [0.717, 1.165) is 35.9 Å². The fourth-order valence-electron chi connectivity index (χ4n) is 3.00. The van der Waals surface area contributed by atoms with Crippen molar-refractivity contribution in [1.82, 2.24) is 14.5 Å². The minimum Gasteiger partial charge on any atom is -0.424 e. The lowest BCUT2D eigenvalue weighted by Gasteiger charge is -2.11. The molecular weight excluding hydrogens is 454 g/mol. The fourth-order valence-corrected chi connectivity index (χ4v) is 3.00. The van der Waals surface area contributed by atoms with Crippen LogP contribution in [0.5, 0.6) is 11.8 Å². The number of hydrogen-bond acceptors (Lipinski definition) is 4. The summed E-state index contributed by atoms with van der Waals surface area (Å²) in [4.78, 5) is 20.6. The Hall–Kier alpha value is -4.41. The Morgan fingerprint density at radius 3 is 2.47 bits per heavy atom. The third-order valence-electron chi connectivity index (χ3n) is 4.63. The van der Waals surface area contributed by atoms with Gasteiger partial charge in [0, 0.05) is 43.0 Å². The lowest BCUT2D eigenvalue weighted by atomic mass is 10.2. The van der Waals surface area contributed by atoms with Gasteiger partial charge in [-0.15, -0.1) is 0 Å². The van der Waals surface area contributed by atoms with Gasteiger partial charge in [-0.2, -0.15) is 18.2 Å². The second-order valence-corrected chi connectivity index (χ2v) is 7.19. The predicted molar refractivity (Wildman–Crippen MR) is 117 cm³/mol. The summed E-state index contributed by atoms with van der Waals surface area (Å²) in [6.07, 6.45) is 0.770. The Bertz CT molecular complexity index is 1320.